The molecular weight excluding hydrogens is 228 g/mol. The minimum atomic E-state index is 0.635. The smallest absolute Gasteiger partial charge is 0.128 e. The van der Waals surface area contributed by atoms with Crippen molar-refractivity contribution in [1.82, 2.24) is 4.98 Å². The summed E-state index contributed by atoms with van der Waals surface area (Å²) in [6.45, 7) is 4.26. The average Bonchev–Trinajstić information content (AvgIpc) is 2.53. The minimum absolute atomic E-state index is 0.635. The molecule has 0 spiro atoms. The summed E-state index contributed by atoms with van der Waals surface area (Å²) in [5, 5.41) is 0. The van der Waals surface area contributed by atoms with Crippen molar-refractivity contribution in [3.05, 3.63) is 23.9 Å². The van der Waals surface area contributed by atoms with Crippen LogP contribution in [0.15, 0.2) is 18.3 Å². The van der Waals surface area contributed by atoms with E-state index < -0.39 is 0 Å². The van der Waals surface area contributed by atoms with E-state index in [2.05, 4.69) is 44.9 Å². The topological polar surface area (TPSA) is 16.1 Å². The second-order valence-corrected chi connectivity index (χ2v) is 4.82. The Morgan fingerprint density at radius 3 is 2.92 bits per heavy atom. The molecule has 1 saturated heterocycles. The number of nitrogens with zero attached hydrogens (tertiary/aromatic N) is 2. The Morgan fingerprint density at radius 1 is 1.54 bits per heavy atom. The summed E-state index contributed by atoms with van der Waals surface area (Å²) in [4.78, 5) is 7.35. The molecule has 1 atom stereocenters. The van der Waals surface area contributed by atoms with Crippen LogP contribution in [0.3, 0.4) is 0 Å². The molecule has 0 bridgehead atoms. The van der Waals surface area contributed by atoms with Gasteiger partial charge >= 0.3 is 0 Å². The van der Waals surface area contributed by atoms with Gasteiger partial charge in [-0.15, -0.1) is 0 Å². The molecule has 0 aliphatic carbocycles. The Morgan fingerprint density at radius 2 is 2.38 bits per heavy atom. The lowest BCUT2D eigenvalue weighted by atomic mass is 10.3. The van der Waals surface area contributed by atoms with Crippen molar-refractivity contribution in [2.24, 2.45) is 0 Å². The van der Waals surface area contributed by atoms with Gasteiger partial charge in [0.25, 0.3) is 0 Å². The van der Waals surface area contributed by atoms with E-state index in [-0.39, 0.29) is 0 Å². The fourth-order valence-electron chi connectivity index (χ4n) is 1.57. The third kappa shape index (κ3) is 2.02. The first-order valence-electron chi connectivity index (χ1n) is 4.57. The molecule has 1 aromatic rings. The molecule has 0 saturated carbocycles. The molecule has 1 aliphatic heterocycles. The van der Waals surface area contributed by atoms with Crippen molar-refractivity contribution in [2.75, 3.05) is 18.0 Å². The molecule has 0 amide bonds. The molecular formula is C10H13BrN2. The van der Waals surface area contributed by atoms with Crippen LogP contribution in [0.25, 0.3) is 0 Å². The van der Waals surface area contributed by atoms with Gasteiger partial charge in [-0.3, -0.25) is 0 Å². The van der Waals surface area contributed by atoms with Crippen LogP contribution in [0.5, 0.6) is 0 Å². The maximum Gasteiger partial charge on any atom is 0.128 e. The normalized spacial score (nSPS) is 22.3. The first-order chi connectivity index (χ1) is 6.25. The molecule has 2 nitrogen and oxygen atoms in total. The molecule has 1 fully saturated rings. The van der Waals surface area contributed by atoms with Crippen molar-refractivity contribution in [2.45, 2.75) is 18.2 Å². The van der Waals surface area contributed by atoms with E-state index in [1.54, 1.807) is 0 Å². The number of rotatable bonds is 1. The predicted octanol–water partition coefficient (Wildman–Crippen LogP) is 2.36. The zero-order valence-electron chi connectivity index (χ0n) is 7.70. The molecule has 0 radical (unpaired) electrons. The lowest BCUT2D eigenvalue weighted by Crippen LogP contribution is -2.20. The Hall–Kier alpha value is -0.570. The third-order valence-electron chi connectivity index (χ3n) is 2.35. The van der Waals surface area contributed by atoms with E-state index in [0.717, 1.165) is 18.9 Å². The summed E-state index contributed by atoms with van der Waals surface area (Å²) in [6.07, 6.45) is 3.15. The number of hydrogen-bond acceptors (Lipinski definition) is 2. The zero-order chi connectivity index (χ0) is 9.26. The highest BCUT2D eigenvalue weighted by Crippen LogP contribution is 2.21. The summed E-state index contributed by atoms with van der Waals surface area (Å²) in [7, 11) is 0. The van der Waals surface area contributed by atoms with Crippen LogP contribution in [0.4, 0.5) is 5.82 Å². The number of halogens is 1. The molecule has 13 heavy (non-hydrogen) atoms. The standard InChI is InChI=1S/C10H13BrN2/c1-8-2-3-10(12-6-8)13-5-4-9(11)7-13/h2-3,6,9H,4-5,7H2,1H3. The predicted molar refractivity (Wildman–Crippen MR) is 58.5 cm³/mol. The zero-order valence-corrected chi connectivity index (χ0v) is 9.29. The lowest BCUT2D eigenvalue weighted by Gasteiger charge is -2.16. The number of aryl methyl sites for hydroxylation is 1. The molecule has 2 rings (SSSR count). The first kappa shape index (κ1) is 9.00. The highest BCUT2D eigenvalue weighted by molar-refractivity contribution is 9.09. The monoisotopic (exact) mass is 240 g/mol. The molecule has 0 N–H and O–H groups in total. The van der Waals surface area contributed by atoms with Crippen LogP contribution in [-0.4, -0.2) is 22.9 Å². The van der Waals surface area contributed by atoms with Crippen molar-refractivity contribution < 1.29 is 0 Å². The summed E-state index contributed by atoms with van der Waals surface area (Å²) in [6, 6.07) is 4.21. The molecule has 1 aromatic heterocycles. The molecule has 1 unspecified atom stereocenters. The second-order valence-electron chi connectivity index (χ2n) is 3.53. The Labute approximate surface area is 87.1 Å². The van der Waals surface area contributed by atoms with Gasteiger partial charge in [0.1, 0.15) is 5.82 Å². The second kappa shape index (κ2) is 3.66. The SMILES string of the molecule is Cc1ccc(N2CCC(Br)C2)nc1. The highest BCUT2D eigenvalue weighted by Gasteiger charge is 2.20. The number of pyridine rings is 1. The van der Waals surface area contributed by atoms with Crippen LogP contribution in [0.2, 0.25) is 0 Å². The van der Waals surface area contributed by atoms with Gasteiger partial charge in [0.2, 0.25) is 0 Å². The van der Waals surface area contributed by atoms with Crippen LogP contribution in [-0.2, 0) is 0 Å². The van der Waals surface area contributed by atoms with Crippen molar-refractivity contribution in [1.29, 1.82) is 0 Å². The van der Waals surface area contributed by atoms with Gasteiger partial charge in [-0.05, 0) is 25.0 Å². The van der Waals surface area contributed by atoms with Crippen LogP contribution < -0.4 is 4.90 Å². The van der Waals surface area contributed by atoms with E-state index in [1.807, 2.05) is 6.20 Å². The number of hydrogen-bond donors (Lipinski definition) is 0. The fraction of sp³-hybridized carbons (Fsp3) is 0.500. The van der Waals surface area contributed by atoms with E-state index >= 15 is 0 Å². The van der Waals surface area contributed by atoms with Gasteiger partial charge in [-0.1, -0.05) is 22.0 Å². The molecule has 0 aromatic carbocycles. The Kier molecular flexibility index (Phi) is 2.54. The molecule has 70 valence electrons. The lowest BCUT2D eigenvalue weighted by molar-refractivity contribution is 0.936. The van der Waals surface area contributed by atoms with Gasteiger partial charge in [0, 0.05) is 24.1 Å². The Bertz CT molecular complexity index is 283. The minimum Gasteiger partial charge on any atom is -0.355 e. The molecule has 1 aliphatic rings. The molecule has 2 heterocycles. The summed E-state index contributed by atoms with van der Waals surface area (Å²) < 4.78 is 0. The maximum atomic E-state index is 4.40. The van der Waals surface area contributed by atoms with E-state index in [1.165, 1.54) is 12.0 Å². The van der Waals surface area contributed by atoms with Gasteiger partial charge in [-0.2, -0.15) is 0 Å². The maximum absolute atomic E-state index is 4.40. The fourth-order valence-corrected chi connectivity index (χ4v) is 2.13. The Balaban J connectivity index is 2.13. The highest BCUT2D eigenvalue weighted by atomic mass is 79.9. The van der Waals surface area contributed by atoms with Crippen molar-refractivity contribution in [3.63, 3.8) is 0 Å². The van der Waals surface area contributed by atoms with E-state index in [0.29, 0.717) is 4.83 Å². The van der Waals surface area contributed by atoms with Gasteiger partial charge < -0.3 is 4.90 Å². The van der Waals surface area contributed by atoms with E-state index in [4.69, 9.17) is 0 Å². The largest absolute Gasteiger partial charge is 0.355 e. The van der Waals surface area contributed by atoms with Crippen LogP contribution in [0.1, 0.15) is 12.0 Å². The summed E-state index contributed by atoms with van der Waals surface area (Å²) in [5.74, 6) is 1.10. The van der Waals surface area contributed by atoms with E-state index in [9.17, 15) is 0 Å². The number of alkyl halides is 1. The van der Waals surface area contributed by atoms with Gasteiger partial charge in [-0.25, -0.2) is 4.98 Å². The number of anilines is 1. The van der Waals surface area contributed by atoms with Crippen LogP contribution >= 0.6 is 15.9 Å². The summed E-state index contributed by atoms with van der Waals surface area (Å²) >= 11 is 3.62. The third-order valence-corrected chi connectivity index (χ3v) is 3.10. The van der Waals surface area contributed by atoms with Crippen molar-refractivity contribution in [3.8, 4) is 0 Å². The average molecular weight is 241 g/mol. The summed E-state index contributed by atoms with van der Waals surface area (Å²) in [5.41, 5.74) is 1.22. The van der Waals surface area contributed by atoms with Gasteiger partial charge in [0.05, 0.1) is 0 Å². The van der Waals surface area contributed by atoms with Crippen molar-refractivity contribution >= 4 is 21.7 Å². The quantitative estimate of drug-likeness (QED) is 0.701. The van der Waals surface area contributed by atoms with Crippen LogP contribution in [0, 0.1) is 6.92 Å². The number of aromatic nitrogens is 1. The van der Waals surface area contributed by atoms with Gasteiger partial charge in [0.15, 0.2) is 0 Å². The first-order valence-corrected chi connectivity index (χ1v) is 5.49. The molecule has 3 heteroatoms.